The molecule has 0 saturated carbocycles. The van der Waals surface area contributed by atoms with E-state index in [-0.39, 0.29) is 11.2 Å². The highest BCUT2D eigenvalue weighted by molar-refractivity contribution is 8.00. The molecule has 2 aromatic carbocycles. The van der Waals surface area contributed by atoms with Crippen LogP contribution in [-0.2, 0) is 4.79 Å². The number of nitrogens with zero attached hydrogens (tertiary/aromatic N) is 4. The number of carbonyl (C=O) groups is 1. The summed E-state index contributed by atoms with van der Waals surface area (Å²) in [4.78, 5) is 12.4. The molecule has 3 rings (SSSR count). The third kappa shape index (κ3) is 4.18. The first kappa shape index (κ1) is 17.4. The van der Waals surface area contributed by atoms with Gasteiger partial charge in [-0.25, -0.2) is 0 Å². The van der Waals surface area contributed by atoms with Gasteiger partial charge in [0.25, 0.3) is 0 Å². The molecule has 8 heteroatoms. The Hall–Kier alpha value is -2.38. The van der Waals surface area contributed by atoms with E-state index in [2.05, 4.69) is 20.8 Å². The Morgan fingerprint density at radius 3 is 2.64 bits per heavy atom. The molecule has 0 fully saturated rings. The Bertz CT molecular complexity index is 881. The van der Waals surface area contributed by atoms with Gasteiger partial charge in [-0.3, -0.25) is 4.79 Å². The van der Waals surface area contributed by atoms with Crippen LogP contribution in [0.1, 0.15) is 12.5 Å². The Kier molecular flexibility index (Phi) is 5.35. The monoisotopic (exact) mass is 373 g/mol. The second-order valence-corrected chi connectivity index (χ2v) is 7.16. The average molecular weight is 374 g/mol. The van der Waals surface area contributed by atoms with Gasteiger partial charge >= 0.3 is 0 Å². The van der Waals surface area contributed by atoms with Crippen LogP contribution in [0.15, 0.2) is 53.7 Å². The molecule has 0 saturated heterocycles. The molecule has 25 heavy (non-hydrogen) atoms. The minimum atomic E-state index is -0.381. The zero-order valence-electron chi connectivity index (χ0n) is 13.7. The molecule has 1 N–H and O–H groups in total. The highest BCUT2D eigenvalue weighted by atomic mass is 35.5. The van der Waals surface area contributed by atoms with E-state index >= 15 is 0 Å². The van der Waals surface area contributed by atoms with Crippen molar-refractivity contribution in [3.63, 3.8) is 0 Å². The van der Waals surface area contributed by atoms with E-state index in [9.17, 15) is 4.79 Å². The largest absolute Gasteiger partial charge is 0.325 e. The van der Waals surface area contributed by atoms with Crippen molar-refractivity contribution in [2.75, 3.05) is 5.32 Å². The molecule has 0 spiro atoms. The summed E-state index contributed by atoms with van der Waals surface area (Å²) >= 11 is 7.47. The van der Waals surface area contributed by atoms with Crippen molar-refractivity contribution >= 4 is 35.0 Å². The number of nitrogens with one attached hydrogen (secondary N) is 1. The lowest BCUT2D eigenvalue weighted by atomic mass is 10.2. The van der Waals surface area contributed by atoms with Gasteiger partial charge in [0.15, 0.2) is 0 Å². The molecule has 1 atom stereocenters. The van der Waals surface area contributed by atoms with Gasteiger partial charge in [0.2, 0.25) is 11.1 Å². The molecule has 0 aliphatic rings. The third-order valence-corrected chi connectivity index (χ3v) is 4.84. The fourth-order valence-corrected chi connectivity index (χ4v) is 3.14. The molecule has 6 nitrogen and oxygen atoms in total. The average Bonchev–Trinajstić information content (AvgIpc) is 3.05. The summed E-state index contributed by atoms with van der Waals surface area (Å²) in [5.74, 6) is -0.123. The summed E-state index contributed by atoms with van der Waals surface area (Å²) in [6.07, 6.45) is 0. The van der Waals surface area contributed by atoms with Crippen LogP contribution in [0.2, 0.25) is 5.02 Å². The van der Waals surface area contributed by atoms with Gasteiger partial charge < -0.3 is 5.32 Å². The summed E-state index contributed by atoms with van der Waals surface area (Å²) < 4.78 is 1.53. The number of aromatic nitrogens is 4. The van der Waals surface area contributed by atoms with E-state index in [1.165, 1.54) is 16.4 Å². The maximum atomic E-state index is 12.4. The number of benzene rings is 2. The van der Waals surface area contributed by atoms with E-state index < -0.39 is 0 Å². The van der Waals surface area contributed by atoms with Gasteiger partial charge in [-0.2, -0.15) is 4.68 Å². The van der Waals surface area contributed by atoms with E-state index in [4.69, 9.17) is 11.6 Å². The zero-order valence-corrected chi connectivity index (χ0v) is 15.3. The molecular weight excluding hydrogens is 358 g/mol. The molecule has 0 radical (unpaired) electrons. The van der Waals surface area contributed by atoms with Crippen molar-refractivity contribution in [3.05, 3.63) is 59.1 Å². The topological polar surface area (TPSA) is 72.7 Å². The van der Waals surface area contributed by atoms with E-state index in [0.717, 1.165) is 11.3 Å². The number of carbonyl (C=O) groups excluding carboxylic acids is 1. The Labute approximate surface area is 154 Å². The smallest absolute Gasteiger partial charge is 0.237 e. The number of aryl methyl sites for hydroxylation is 1. The van der Waals surface area contributed by atoms with Crippen molar-refractivity contribution in [2.24, 2.45) is 0 Å². The number of hydrogen-bond donors (Lipinski definition) is 1. The van der Waals surface area contributed by atoms with Crippen molar-refractivity contribution in [1.82, 2.24) is 20.2 Å². The molecule has 128 valence electrons. The highest BCUT2D eigenvalue weighted by Crippen LogP contribution is 2.27. The zero-order chi connectivity index (χ0) is 17.8. The summed E-state index contributed by atoms with van der Waals surface area (Å²) in [6.45, 7) is 3.80. The van der Waals surface area contributed by atoms with E-state index in [1.54, 1.807) is 13.0 Å². The summed E-state index contributed by atoms with van der Waals surface area (Å²) in [7, 11) is 0. The number of hydrogen-bond acceptors (Lipinski definition) is 5. The van der Waals surface area contributed by atoms with Crippen LogP contribution < -0.4 is 5.32 Å². The molecule has 0 unspecified atom stereocenters. The fourth-order valence-electron chi connectivity index (χ4n) is 2.12. The summed E-state index contributed by atoms with van der Waals surface area (Å²) in [5, 5.41) is 15.2. The van der Waals surface area contributed by atoms with Crippen molar-refractivity contribution < 1.29 is 4.79 Å². The maximum absolute atomic E-state index is 12.4. The standard InChI is InChI=1S/C17H16ClN5OS/c1-11-7-9-13(10-8-11)19-16(24)12(2)25-17-20-21-22-23(17)15-6-4-3-5-14(15)18/h3-10,12H,1-2H3,(H,19,24)/t12-/m0/s1. The van der Waals surface area contributed by atoms with Crippen LogP contribution in [0, 0.1) is 6.92 Å². The Morgan fingerprint density at radius 2 is 1.92 bits per heavy atom. The van der Waals surface area contributed by atoms with Gasteiger partial charge in [0.1, 0.15) is 0 Å². The molecule has 0 bridgehead atoms. The first-order valence-electron chi connectivity index (χ1n) is 7.62. The summed E-state index contributed by atoms with van der Waals surface area (Å²) in [6, 6.07) is 14.9. The quantitative estimate of drug-likeness (QED) is 0.689. The van der Waals surface area contributed by atoms with Crippen LogP contribution in [0.25, 0.3) is 5.69 Å². The van der Waals surface area contributed by atoms with Crippen molar-refractivity contribution in [2.45, 2.75) is 24.3 Å². The first-order chi connectivity index (χ1) is 12.0. The van der Waals surface area contributed by atoms with Crippen molar-refractivity contribution in [3.8, 4) is 5.69 Å². The third-order valence-electron chi connectivity index (χ3n) is 3.49. The molecule has 0 aliphatic heterocycles. The number of para-hydroxylation sites is 1. The second-order valence-electron chi connectivity index (χ2n) is 5.44. The molecule has 1 amide bonds. The predicted octanol–water partition coefficient (Wildman–Crippen LogP) is 3.74. The Balaban J connectivity index is 1.72. The number of tetrazole rings is 1. The number of amides is 1. The minimum absolute atomic E-state index is 0.123. The highest BCUT2D eigenvalue weighted by Gasteiger charge is 2.20. The lowest BCUT2D eigenvalue weighted by Gasteiger charge is -2.12. The molecule has 3 aromatic rings. The van der Waals surface area contributed by atoms with E-state index in [1.807, 2.05) is 49.4 Å². The number of rotatable bonds is 5. The molecule has 1 heterocycles. The van der Waals surface area contributed by atoms with Crippen LogP contribution in [-0.4, -0.2) is 31.4 Å². The predicted molar refractivity (Wildman–Crippen MR) is 99.3 cm³/mol. The second kappa shape index (κ2) is 7.67. The van der Waals surface area contributed by atoms with Crippen LogP contribution >= 0.6 is 23.4 Å². The lowest BCUT2D eigenvalue weighted by molar-refractivity contribution is -0.115. The van der Waals surface area contributed by atoms with Crippen LogP contribution in [0.4, 0.5) is 5.69 Å². The lowest BCUT2D eigenvalue weighted by Crippen LogP contribution is -2.22. The maximum Gasteiger partial charge on any atom is 0.237 e. The summed E-state index contributed by atoms with van der Waals surface area (Å²) in [5.41, 5.74) is 2.57. The van der Waals surface area contributed by atoms with Crippen LogP contribution in [0.5, 0.6) is 0 Å². The van der Waals surface area contributed by atoms with Gasteiger partial charge in [-0.05, 0) is 48.5 Å². The van der Waals surface area contributed by atoms with Gasteiger partial charge in [-0.15, -0.1) is 5.10 Å². The normalized spacial score (nSPS) is 12.0. The Morgan fingerprint density at radius 1 is 1.20 bits per heavy atom. The SMILES string of the molecule is Cc1ccc(NC(=O)[C@H](C)Sc2nnnn2-c2ccccc2Cl)cc1. The van der Waals surface area contributed by atoms with E-state index in [0.29, 0.717) is 15.9 Å². The fraction of sp³-hybridized carbons (Fsp3) is 0.176. The number of halogens is 1. The van der Waals surface area contributed by atoms with Gasteiger partial charge in [0.05, 0.1) is 16.0 Å². The van der Waals surface area contributed by atoms with Gasteiger partial charge in [0, 0.05) is 5.69 Å². The van der Waals surface area contributed by atoms with Crippen molar-refractivity contribution in [1.29, 1.82) is 0 Å². The number of thioether (sulfide) groups is 1. The minimum Gasteiger partial charge on any atom is -0.325 e. The first-order valence-corrected chi connectivity index (χ1v) is 8.88. The molecular formula is C17H16ClN5OS. The molecule has 0 aliphatic carbocycles. The molecule has 1 aromatic heterocycles. The van der Waals surface area contributed by atoms with Crippen LogP contribution in [0.3, 0.4) is 0 Å². The number of anilines is 1. The van der Waals surface area contributed by atoms with Gasteiger partial charge in [-0.1, -0.05) is 53.2 Å².